The summed E-state index contributed by atoms with van der Waals surface area (Å²) in [5.41, 5.74) is 3.86. The fourth-order valence-electron chi connectivity index (χ4n) is 3.93. The topological polar surface area (TPSA) is 105 Å². The van der Waals surface area contributed by atoms with Gasteiger partial charge in [0.25, 0.3) is 0 Å². The number of hydrogen-bond donors (Lipinski definition) is 3. The van der Waals surface area contributed by atoms with E-state index in [1.807, 2.05) is 53.8 Å². The van der Waals surface area contributed by atoms with Crippen LogP contribution in [0.25, 0.3) is 11.1 Å². The maximum absolute atomic E-state index is 13.4. The molecule has 2 aromatic rings. The van der Waals surface area contributed by atoms with Crippen molar-refractivity contribution in [2.45, 2.75) is 43.8 Å². The minimum absolute atomic E-state index is 0.0433. The van der Waals surface area contributed by atoms with E-state index in [0.29, 0.717) is 0 Å². The van der Waals surface area contributed by atoms with E-state index in [1.165, 1.54) is 0 Å². The number of ether oxygens (including phenoxy) is 1. The molecule has 2 aromatic carbocycles. The third-order valence-corrected chi connectivity index (χ3v) is 5.58. The van der Waals surface area contributed by atoms with Crippen LogP contribution in [0.2, 0.25) is 0 Å². The van der Waals surface area contributed by atoms with Gasteiger partial charge >= 0.3 is 18.2 Å². The van der Waals surface area contributed by atoms with Crippen LogP contribution in [0.15, 0.2) is 48.5 Å². The van der Waals surface area contributed by atoms with Gasteiger partial charge in [0.05, 0.1) is 0 Å². The highest BCUT2D eigenvalue weighted by molar-refractivity contribution is 5.79. The van der Waals surface area contributed by atoms with Crippen molar-refractivity contribution >= 4 is 18.0 Å². The molecule has 0 unspecified atom stereocenters. The van der Waals surface area contributed by atoms with Gasteiger partial charge in [0.2, 0.25) is 5.91 Å². The fourth-order valence-corrected chi connectivity index (χ4v) is 3.93. The first kappa shape index (κ1) is 25.1. The largest absolute Gasteiger partial charge is 0.481 e. The van der Waals surface area contributed by atoms with E-state index in [1.54, 1.807) is 0 Å². The smallest absolute Gasteiger partial charge is 0.408 e. The molecule has 2 amide bonds. The van der Waals surface area contributed by atoms with Crippen molar-refractivity contribution in [3.63, 3.8) is 0 Å². The minimum atomic E-state index is -4.77. The number of amides is 2. The number of hydrogen-bond acceptors (Lipinski definition) is 4. The van der Waals surface area contributed by atoms with Crippen LogP contribution in [0.5, 0.6) is 0 Å². The van der Waals surface area contributed by atoms with Gasteiger partial charge in [-0.05, 0) is 35.1 Å². The molecule has 0 bridgehead atoms. The Morgan fingerprint density at radius 1 is 0.971 bits per heavy atom. The number of alkyl carbamates (subject to hydrolysis) is 1. The summed E-state index contributed by atoms with van der Waals surface area (Å²) in [6.45, 7) is -0.0872. The summed E-state index contributed by atoms with van der Waals surface area (Å²) in [6.07, 6.45) is -7.13. The highest BCUT2D eigenvalue weighted by Crippen LogP contribution is 2.44. The van der Waals surface area contributed by atoms with Crippen LogP contribution in [0.4, 0.5) is 18.0 Å². The summed E-state index contributed by atoms with van der Waals surface area (Å²) in [5.74, 6) is -1.98. The first-order valence-corrected chi connectivity index (χ1v) is 10.8. The number of carbonyl (C=O) groups excluding carboxylic acids is 2. The van der Waals surface area contributed by atoms with E-state index in [2.05, 4.69) is 5.32 Å². The second kappa shape index (κ2) is 11.0. The molecule has 1 atom stereocenters. The number of carboxylic acid groups (broad SMARTS) is 1. The average molecular weight is 478 g/mol. The zero-order chi connectivity index (χ0) is 24.7. The van der Waals surface area contributed by atoms with Crippen LogP contribution in [0, 0.1) is 0 Å². The number of aliphatic carboxylic acids is 1. The van der Waals surface area contributed by atoms with Crippen molar-refractivity contribution < 1.29 is 37.4 Å². The molecule has 182 valence electrons. The lowest BCUT2D eigenvalue weighted by molar-refractivity contribution is -0.156. The van der Waals surface area contributed by atoms with Gasteiger partial charge in [0, 0.05) is 25.3 Å². The van der Waals surface area contributed by atoms with Crippen molar-refractivity contribution in [3.8, 4) is 11.1 Å². The predicted octanol–water partition coefficient (Wildman–Crippen LogP) is 4.22. The number of halogens is 3. The minimum Gasteiger partial charge on any atom is -0.481 e. The number of alkyl halides is 3. The van der Waals surface area contributed by atoms with Crippen molar-refractivity contribution in [1.29, 1.82) is 0 Å². The monoisotopic (exact) mass is 478 g/mol. The van der Waals surface area contributed by atoms with E-state index in [9.17, 15) is 27.6 Å². The Kier molecular flexibility index (Phi) is 8.14. The maximum Gasteiger partial charge on any atom is 0.408 e. The number of rotatable bonds is 10. The van der Waals surface area contributed by atoms with Gasteiger partial charge in [-0.1, -0.05) is 48.5 Å². The van der Waals surface area contributed by atoms with Gasteiger partial charge in [-0.2, -0.15) is 13.2 Å². The summed E-state index contributed by atoms with van der Waals surface area (Å²) < 4.78 is 45.4. The van der Waals surface area contributed by atoms with Crippen LogP contribution in [-0.4, -0.2) is 48.4 Å². The normalized spacial score (nSPS) is 13.5. The van der Waals surface area contributed by atoms with E-state index in [-0.39, 0.29) is 31.9 Å². The molecule has 0 aliphatic heterocycles. The summed E-state index contributed by atoms with van der Waals surface area (Å²) in [7, 11) is 0. The highest BCUT2D eigenvalue weighted by Gasteiger charge is 2.41. The molecule has 0 fully saturated rings. The van der Waals surface area contributed by atoms with Crippen LogP contribution < -0.4 is 10.6 Å². The second-order valence-corrected chi connectivity index (χ2v) is 7.95. The van der Waals surface area contributed by atoms with Gasteiger partial charge in [0.15, 0.2) is 0 Å². The first-order valence-electron chi connectivity index (χ1n) is 10.8. The Bertz CT molecular complexity index is 996. The zero-order valence-corrected chi connectivity index (χ0v) is 18.2. The molecule has 34 heavy (non-hydrogen) atoms. The van der Waals surface area contributed by atoms with Gasteiger partial charge in [-0.25, -0.2) is 4.79 Å². The van der Waals surface area contributed by atoms with E-state index in [4.69, 9.17) is 9.84 Å². The number of nitrogens with one attached hydrogen (secondary N) is 2. The molecule has 0 radical (unpaired) electrons. The van der Waals surface area contributed by atoms with E-state index < -0.39 is 43.0 Å². The number of benzene rings is 2. The van der Waals surface area contributed by atoms with Gasteiger partial charge in [-0.15, -0.1) is 0 Å². The van der Waals surface area contributed by atoms with Gasteiger partial charge in [0.1, 0.15) is 12.6 Å². The lowest BCUT2D eigenvalue weighted by atomic mass is 9.98. The molecule has 1 aliphatic rings. The number of carbonyl (C=O) groups is 3. The Labute approximate surface area is 194 Å². The Morgan fingerprint density at radius 2 is 1.56 bits per heavy atom. The summed E-state index contributed by atoms with van der Waals surface area (Å²) in [5, 5.41) is 12.7. The molecular weight excluding hydrogens is 453 g/mol. The molecular formula is C24H25F3N2O5. The molecule has 0 saturated heterocycles. The van der Waals surface area contributed by atoms with Crippen molar-refractivity contribution in [2.24, 2.45) is 0 Å². The highest BCUT2D eigenvalue weighted by atomic mass is 19.4. The molecule has 1 aliphatic carbocycles. The van der Waals surface area contributed by atoms with Crippen molar-refractivity contribution in [3.05, 3.63) is 59.7 Å². The van der Waals surface area contributed by atoms with Gasteiger partial charge in [-0.3, -0.25) is 9.59 Å². The first-order chi connectivity index (χ1) is 16.2. The fraction of sp³-hybridized carbons (Fsp3) is 0.375. The molecule has 0 spiro atoms. The second-order valence-electron chi connectivity index (χ2n) is 7.95. The van der Waals surface area contributed by atoms with E-state index in [0.717, 1.165) is 22.3 Å². The lowest BCUT2D eigenvalue weighted by Crippen LogP contribution is -2.46. The molecule has 3 rings (SSSR count). The Balaban J connectivity index is 1.54. The number of fused-ring (bicyclic) bond motifs is 3. The van der Waals surface area contributed by atoms with Crippen LogP contribution >= 0.6 is 0 Å². The zero-order valence-electron chi connectivity index (χ0n) is 18.2. The van der Waals surface area contributed by atoms with Crippen molar-refractivity contribution in [2.75, 3.05) is 13.2 Å². The molecule has 0 heterocycles. The molecule has 7 nitrogen and oxygen atoms in total. The summed E-state index contributed by atoms with van der Waals surface area (Å²) >= 11 is 0. The maximum atomic E-state index is 13.4. The Morgan fingerprint density at radius 3 is 2.12 bits per heavy atom. The Hall–Kier alpha value is -3.56. The van der Waals surface area contributed by atoms with Gasteiger partial charge < -0.3 is 20.5 Å². The van der Waals surface area contributed by atoms with E-state index >= 15 is 0 Å². The molecule has 0 aromatic heterocycles. The average Bonchev–Trinajstić information content (AvgIpc) is 3.11. The third kappa shape index (κ3) is 6.49. The summed E-state index contributed by atoms with van der Waals surface area (Å²) in [4.78, 5) is 34.4. The van der Waals surface area contributed by atoms with Crippen molar-refractivity contribution in [1.82, 2.24) is 10.6 Å². The standard InChI is InChI=1S/C24H25F3N2O5/c25-24(26,27)20(11-12-21(30)28-13-5-10-22(31)32)29-23(33)34-14-19-17-8-3-1-6-15(17)16-7-2-4-9-18(16)19/h1-4,6-9,19-20H,5,10-14H2,(H,28,30)(H,29,33)(H,31,32)/t20-/m0/s1. The van der Waals surface area contributed by atoms with Crippen LogP contribution in [0.1, 0.15) is 42.7 Å². The third-order valence-electron chi connectivity index (χ3n) is 5.58. The number of carboxylic acids is 1. The molecule has 3 N–H and O–H groups in total. The van der Waals surface area contributed by atoms with Crippen LogP contribution in [0.3, 0.4) is 0 Å². The predicted molar refractivity (Wildman–Crippen MR) is 117 cm³/mol. The van der Waals surface area contributed by atoms with Crippen LogP contribution in [-0.2, 0) is 14.3 Å². The summed E-state index contributed by atoms with van der Waals surface area (Å²) in [6, 6.07) is 12.9. The molecule has 10 heteroatoms. The quantitative estimate of drug-likeness (QED) is 0.444. The SMILES string of the molecule is O=C(O)CCCNC(=O)CC[C@H](NC(=O)OCC1c2ccccc2-c2ccccc21)C(F)(F)F. The lowest BCUT2D eigenvalue weighted by Gasteiger charge is -2.22. The molecule has 0 saturated carbocycles.